The Morgan fingerprint density at radius 1 is 1.03 bits per heavy atom. The maximum absolute atomic E-state index is 9.28. The molecule has 1 aromatic carbocycles. The number of anilines is 2. The highest BCUT2D eigenvalue weighted by Crippen LogP contribution is 2.21. The van der Waals surface area contributed by atoms with E-state index in [4.69, 9.17) is 4.98 Å². The van der Waals surface area contributed by atoms with Crippen molar-refractivity contribution < 1.29 is 5.11 Å². The molecule has 1 aliphatic heterocycles. The summed E-state index contributed by atoms with van der Waals surface area (Å²) in [4.78, 5) is 19.5. The molecule has 0 aliphatic carbocycles. The first-order valence-corrected chi connectivity index (χ1v) is 10.1. The monoisotopic (exact) mass is 388 g/mol. The number of H-pyrrole nitrogens is 1. The minimum atomic E-state index is 0.0152. The molecular weight excluding hydrogens is 364 g/mol. The first-order chi connectivity index (χ1) is 14.3. The van der Waals surface area contributed by atoms with Gasteiger partial charge in [0.05, 0.1) is 12.8 Å². The summed E-state index contributed by atoms with van der Waals surface area (Å²) in [7, 11) is 0. The largest absolute Gasteiger partial charge is 0.390 e. The number of hydrogen-bond donors (Lipinski definition) is 3. The molecule has 0 spiro atoms. The third-order valence-electron chi connectivity index (χ3n) is 5.46. The van der Waals surface area contributed by atoms with Crippen LogP contribution in [0.25, 0.3) is 22.1 Å². The Bertz CT molecular complexity index is 1150. The van der Waals surface area contributed by atoms with Crippen LogP contribution in [-0.2, 0) is 13.2 Å². The van der Waals surface area contributed by atoms with Crippen LogP contribution in [0.1, 0.15) is 30.5 Å². The Kier molecular flexibility index (Phi) is 4.73. The van der Waals surface area contributed by atoms with E-state index >= 15 is 0 Å². The van der Waals surface area contributed by atoms with Crippen molar-refractivity contribution in [3.8, 4) is 0 Å². The van der Waals surface area contributed by atoms with E-state index in [9.17, 15) is 5.11 Å². The van der Waals surface area contributed by atoms with Gasteiger partial charge in [-0.05, 0) is 54.5 Å². The molecule has 0 saturated carbocycles. The molecule has 3 N–H and O–H groups in total. The van der Waals surface area contributed by atoms with Crippen LogP contribution in [-0.4, -0.2) is 38.1 Å². The van der Waals surface area contributed by atoms with Crippen molar-refractivity contribution in [1.82, 2.24) is 19.9 Å². The summed E-state index contributed by atoms with van der Waals surface area (Å²) < 4.78 is 0. The van der Waals surface area contributed by atoms with Crippen molar-refractivity contribution in [2.24, 2.45) is 0 Å². The van der Waals surface area contributed by atoms with Gasteiger partial charge in [-0.2, -0.15) is 0 Å². The quantitative estimate of drug-likeness (QED) is 0.484. The molecule has 0 unspecified atom stereocenters. The fourth-order valence-electron chi connectivity index (χ4n) is 3.89. The van der Waals surface area contributed by atoms with Gasteiger partial charge >= 0.3 is 0 Å². The molecule has 0 atom stereocenters. The van der Waals surface area contributed by atoms with Crippen molar-refractivity contribution in [2.75, 3.05) is 23.3 Å². The normalized spacial score (nSPS) is 14.6. The molecule has 0 amide bonds. The Balaban J connectivity index is 1.34. The lowest BCUT2D eigenvalue weighted by Gasteiger charge is -2.27. The second-order valence-corrected chi connectivity index (χ2v) is 7.54. The van der Waals surface area contributed by atoms with E-state index in [2.05, 4.69) is 43.4 Å². The average Bonchev–Trinajstić information content (AvgIpc) is 3.20. The van der Waals surface area contributed by atoms with Crippen LogP contribution < -0.4 is 10.2 Å². The molecule has 4 aromatic rings. The molecule has 3 aromatic heterocycles. The fourth-order valence-corrected chi connectivity index (χ4v) is 3.89. The van der Waals surface area contributed by atoms with E-state index in [1.165, 1.54) is 19.3 Å². The molecule has 0 bridgehead atoms. The highest BCUT2D eigenvalue weighted by Gasteiger charge is 2.13. The number of nitrogens with one attached hydrogen (secondary N) is 2. The predicted molar refractivity (Wildman–Crippen MR) is 115 cm³/mol. The Morgan fingerprint density at radius 3 is 2.79 bits per heavy atom. The standard InChI is InChI=1S/C22H24N6O/c29-14-17-11-16-5-4-15(10-19(16)25-17)12-24-20-13-23-18-6-7-21(27-22(18)26-20)28-8-2-1-3-9-28/h4-7,10-11,13,25,29H,1-3,8-9,12,14H2,(H,24,26,27). The van der Waals surface area contributed by atoms with Crippen LogP contribution in [0.3, 0.4) is 0 Å². The van der Waals surface area contributed by atoms with Gasteiger partial charge in [-0.1, -0.05) is 12.1 Å². The van der Waals surface area contributed by atoms with Gasteiger partial charge in [-0.15, -0.1) is 0 Å². The third kappa shape index (κ3) is 3.73. The van der Waals surface area contributed by atoms with Crippen LogP contribution in [0.4, 0.5) is 11.6 Å². The summed E-state index contributed by atoms with van der Waals surface area (Å²) in [5.74, 6) is 1.70. The van der Waals surface area contributed by atoms with Crippen LogP contribution in [0.5, 0.6) is 0 Å². The molecule has 1 aliphatic rings. The molecule has 1 saturated heterocycles. The van der Waals surface area contributed by atoms with Gasteiger partial charge in [0.15, 0.2) is 5.65 Å². The second-order valence-electron chi connectivity index (χ2n) is 7.54. The summed E-state index contributed by atoms with van der Waals surface area (Å²) in [5, 5.41) is 13.7. The fraction of sp³-hybridized carbons (Fsp3) is 0.318. The van der Waals surface area contributed by atoms with Gasteiger partial charge in [0, 0.05) is 30.8 Å². The third-order valence-corrected chi connectivity index (χ3v) is 5.46. The van der Waals surface area contributed by atoms with Crippen LogP contribution in [0, 0.1) is 0 Å². The van der Waals surface area contributed by atoms with Gasteiger partial charge in [0.2, 0.25) is 0 Å². The molecule has 148 valence electrons. The highest BCUT2D eigenvalue weighted by atomic mass is 16.3. The highest BCUT2D eigenvalue weighted by molar-refractivity contribution is 5.81. The number of nitrogens with zero attached hydrogens (tertiary/aromatic N) is 4. The number of benzene rings is 1. The van der Waals surface area contributed by atoms with Crippen molar-refractivity contribution in [2.45, 2.75) is 32.4 Å². The van der Waals surface area contributed by atoms with Gasteiger partial charge in [-0.25, -0.2) is 15.0 Å². The molecule has 7 heteroatoms. The zero-order valence-corrected chi connectivity index (χ0v) is 16.2. The molecular formula is C22H24N6O. The minimum absolute atomic E-state index is 0.0152. The number of aromatic nitrogens is 4. The molecule has 7 nitrogen and oxygen atoms in total. The summed E-state index contributed by atoms with van der Waals surface area (Å²) in [5.41, 5.74) is 4.44. The number of fused-ring (bicyclic) bond motifs is 2. The molecule has 4 heterocycles. The van der Waals surface area contributed by atoms with Gasteiger partial charge in [-0.3, -0.25) is 0 Å². The second kappa shape index (κ2) is 7.67. The minimum Gasteiger partial charge on any atom is -0.390 e. The van der Waals surface area contributed by atoms with E-state index in [1.54, 1.807) is 6.20 Å². The lowest BCUT2D eigenvalue weighted by atomic mass is 10.1. The average molecular weight is 388 g/mol. The van der Waals surface area contributed by atoms with E-state index < -0.39 is 0 Å². The van der Waals surface area contributed by atoms with E-state index in [0.717, 1.165) is 46.6 Å². The Labute approximate surface area is 168 Å². The summed E-state index contributed by atoms with van der Waals surface area (Å²) in [6.07, 6.45) is 5.49. The zero-order valence-electron chi connectivity index (χ0n) is 16.2. The zero-order chi connectivity index (χ0) is 19.6. The SMILES string of the molecule is OCc1cc2ccc(CNc3cnc4ccc(N5CCCCC5)nc4n3)cc2[nH]1. The maximum Gasteiger partial charge on any atom is 0.182 e. The first-order valence-electron chi connectivity index (χ1n) is 10.1. The number of piperidine rings is 1. The molecule has 29 heavy (non-hydrogen) atoms. The van der Waals surface area contributed by atoms with Crippen LogP contribution >= 0.6 is 0 Å². The van der Waals surface area contributed by atoms with E-state index in [0.29, 0.717) is 18.0 Å². The number of rotatable bonds is 5. The topological polar surface area (TPSA) is 90.0 Å². The molecule has 5 rings (SSSR count). The number of hydrogen-bond acceptors (Lipinski definition) is 6. The van der Waals surface area contributed by atoms with Crippen molar-refractivity contribution >= 4 is 33.7 Å². The summed E-state index contributed by atoms with van der Waals surface area (Å²) >= 11 is 0. The maximum atomic E-state index is 9.28. The van der Waals surface area contributed by atoms with Crippen molar-refractivity contribution in [3.63, 3.8) is 0 Å². The summed E-state index contributed by atoms with van der Waals surface area (Å²) in [6, 6.07) is 12.2. The summed E-state index contributed by atoms with van der Waals surface area (Å²) in [6.45, 7) is 2.77. The molecule has 0 radical (unpaired) electrons. The number of aliphatic hydroxyl groups is 1. The smallest absolute Gasteiger partial charge is 0.182 e. The van der Waals surface area contributed by atoms with E-state index in [1.807, 2.05) is 18.2 Å². The first kappa shape index (κ1) is 17.9. The predicted octanol–water partition coefficient (Wildman–Crippen LogP) is 3.60. The number of aromatic amines is 1. The molecule has 1 fully saturated rings. The van der Waals surface area contributed by atoms with Crippen LogP contribution in [0.2, 0.25) is 0 Å². The Hall–Kier alpha value is -3.19. The lowest BCUT2D eigenvalue weighted by Crippen LogP contribution is -2.30. The number of aliphatic hydroxyl groups excluding tert-OH is 1. The van der Waals surface area contributed by atoms with Crippen molar-refractivity contribution in [3.05, 3.63) is 53.9 Å². The van der Waals surface area contributed by atoms with Gasteiger partial charge in [0.1, 0.15) is 17.2 Å². The van der Waals surface area contributed by atoms with Gasteiger partial charge < -0.3 is 20.3 Å². The van der Waals surface area contributed by atoms with Crippen LogP contribution in [0.15, 0.2) is 42.6 Å². The Morgan fingerprint density at radius 2 is 1.93 bits per heavy atom. The van der Waals surface area contributed by atoms with E-state index in [-0.39, 0.29) is 6.61 Å². The van der Waals surface area contributed by atoms with Crippen molar-refractivity contribution in [1.29, 1.82) is 0 Å². The number of pyridine rings is 1. The lowest BCUT2D eigenvalue weighted by molar-refractivity contribution is 0.278. The van der Waals surface area contributed by atoms with Gasteiger partial charge in [0.25, 0.3) is 0 Å².